The molecule has 1 aromatic heterocycles. The average molecular weight is 225 g/mol. The number of aliphatic hydroxyl groups excluding tert-OH is 1. The molecule has 0 aliphatic rings. The van der Waals surface area contributed by atoms with E-state index >= 15 is 0 Å². The van der Waals surface area contributed by atoms with E-state index in [0.29, 0.717) is 0 Å². The van der Waals surface area contributed by atoms with E-state index in [-0.39, 0.29) is 10.7 Å². The predicted octanol–water partition coefficient (Wildman–Crippen LogP) is 2.51. The van der Waals surface area contributed by atoms with Gasteiger partial charge >= 0.3 is 6.18 Å². The number of rotatable bonds is 1. The molecule has 1 aromatic rings. The number of hydrogen-bond donors (Lipinski definition) is 1. The molecule has 77 valence electrons. The molecular weight excluding hydrogens is 219 g/mol. The van der Waals surface area contributed by atoms with Crippen LogP contribution in [0.5, 0.6) is 0 Å². The van der Waals surface area contributed by atoms with Crippen molar-refractivity contribution in [2.24, 2.45) is 0 Å². The van der Waals surface area contributed by atoms with Gasteiger partial charge in [-0.2, -0.15) is 13.2 Å². The molecule has 14 heavy (non-hydrogen) atoms. The standard InChI is InChI=1S/C8H6ClF3NO/c1-4-2-5(7(9)13-3-4)6(14)8(10,11)12/h2-3,6,14H,1H2. The topological polar surface area (TPSA) is 33.1 Å². The summed E-state index contributed by atoms with van der Waals surface area (Å²) in [7, 11) is 0. The maximum absolute atomic E-state index is 12.1. The van der Waals surface area contributed by atoms with Crippen molar-refractivity contribution >= 4 is 11.6 Å². The number of aliphatic hydroxyl groups is 1. The Kier molecular flexibility index (Phi) is 3.01. The van der Waals surface area contributed by atoms with Crippen LogP contribution in [0, 0.1) is 6.92 Å². The zero-order valence-electron chi connectivity index (χ0n) is 6.85. The normalized spacial score (nSPS) is 14.1. The van der Waals surface area contributed by atoms with Crippen LogP contribution < -0.4 is 0 Å². The molecule has 1 unspecified atom stereocenters. The molecule has 0 spiro atoms. The highest BCUT2D eigenvalue weighted by Crippen LogP contribution is 2.35. The number of halogens is 4. The van der Waals surface area contributed by atoms with E-state index < -0.39 is 17.8 Å². The Balaban J connectivity index is 3.12. The third kappa shape index (κ3) is 2.36. The largest absolute Gasteiger partial charge is 0.418 e. The second-order valence-electron chi connectivity index (χ2n) is 2.67. The molecule has 0 fully saturated rings. The predicted molar refractivity (Wildman–Crippen MR) is 44.7 cm³/mol. The lowest BCUT2D eigenvalue weighted by molar-refractivity contribution is -0.206. The van der Waals surface area contributed by atoms with Crippen LogP contribution in [0.3, 0.4) is 0 Å². The molecule has 0 amide bonds. The van der Waals surface area contributed by atoms with Gasteiger partial charge in [0.1, 0.15) is 5.15 Å². The SMILES string of the molecule is [CH2]c1cnc(Cl)c(C(O)C(F)(F)F)c1. The van der Waals surface area contributed by atoms with Crippen molar-refractivity contribution < 1.29 is 18.3 Å². The maximum atomic E-state index is 12.1. The summed E-state index contributed by atoms with van der Waals surface area (Å²) in [5, 5.41) is 8.51. The van der Waals surface area contributed by atoms with Gasteiger partial charge in [-0.15, -0.1) is 0 Å². The van der Waals surface area contributed by atoms with Crippen LogP contribution in [-0.2, 0) is 0 Å². The van der Waals surface area contributed by atoms with E-state index in [1.807, 2.05) is 0 Å². The monoisotopic (exact) mass is 224 g/mol. The molecule has 1 heterocycles. The highest BCUT2D eigenvalue weighted by molar-refractivity contribution is 6.30. The van der Waals surface area contributed by atoms with Crippen LogP contribution >= 0.6 is 11.6 Å². The fraction of sp³-hybridized carbons (Fsp3) is 0.250. The Bertz CT molecular complexity index is 340. The van der Waals surface area contributed by atoms with Gasteiger partial charge in [-0.05, 0) is 18.6 Å². The molecule has 6 heteroatoms. The van der Waals surface area contributed by atoms with Crippen molar-refractivity contribution in [3.63, 3.8) is 0 Å². The summed E-state index contributed by atoms with van der Waals surface area (Å²) >= 11 is 5.40. The molecule has 0 aliphatic heterocycles. The van der Waals surface area contributed by atoms with Crippen LogP contribution in [0.1, 0.15) is 17.2 Å². The molecule has 0 bridgehead atoms. The summed E-state index contributed by atoms with van der Waals surface area (Å²) in [6.07, 6.45) is -6.15. The van der Waals surface area contributed by atoms with Crippen LogP contribution in [-0.4, -0.2) is 16.3 Å². The quantitative estimate of drug-likeness (QED) is 0.744. The Hall–Kier alpha value is -0.810. The van der Waals surface area contributed by atoms with Gasteiger partial charge in [0.25, 0.3) is 0 Å². The lowest BCUT2D eigenvalue weighted by Gasteiger charge is -2.15. The summed E-state index contributed by atoms with van der Waals surface area (Å²) < 4.78 is 36.3. The zero-order valence-corrected chi connectivity index (χ0v) is 7.60. The Morgan fingerprint density at radius 2 is 2.07 bits per heavy atom. The van der Waals surface area contributed by atoms with Crippen molar-refractivity contribution in [2.45, 2.75) is 12.3 Å². The van der Waals surface area contributed by atoms with Crippen LogP contribution in [0.15, 0.2) is 12.3 Å². The summed E-state index contributed by atoms with van der Waals surface area (Å²) in [6, 6.07) is 1.05. The number of nitrogens with zero attached hydrogens (tertiary/aromatic N) is 1. The van der Waals surface area contributed by atoms with Crippen molar-refractivity contribution in [2.75, 3.05) is 0 Å². The Morgan fingerprint density at radius 3 is 2.57 bits per heavy atom. The van der Waals surface area contributed by atoms with E-state index in [2.05, 4.69) is 11.9 Å². The first-order chi connectivity index (χ1) is 6.32. The lowest BCUT2D eigenvalue weighted by atomic mass is 10.1. The van der Waals surface area contributed by atoms with E-state index in [0.717, 1.165) is 6.07 Å². The van der Waals surface area contributed by atoms with E-state index in [1.165, 1.54) is 6.20 Å². The smallest absolute Gasteiger partial charge is 0.379 e. The summed E-state index contributed by atoms with van der Waals surface area (Å²) in [5.41, 5.74) is -0.223. The first-order valence-electron chi connectivity index (χ1n) is 3.54. The highest BCUT2D eigenvalue weighted by Gasteiger charge is 2.40. The first-order valence-corrected chi connectivity index (χ1v) is 3.92. The van der Waals surface area contributed by atoms with Crippen molar-refractivity contribution in [3.05, 3.63) is 35.5 Å². The number of hydrogen-bond acceptors (Lipinski definition) is 2. The van der Waals surface area contributed by atoms with Crippen molar-refractivity contribution in [1.29, 1.82) is 0 Å². The third-order valence-corrected chi connectivity index (χ3v) is 1.84. The fourth-order valence-corrected chi connectivity index (χ4v) is 1.09. The van der Waals surface area contributed by atoms with E-state index in [4.69, 9.17) is 16.7 Å². The molecular formula is C8H6ClF3NO. The van der Waals surface area contributed by atoms with Gasteiger partial charge in [0, 0.05) is 11.8 Å². The minimum absolute atomic E-state index is 0.257. The van der Waals surface area contributed by atoms with Gasteiger partial charge in [0.2, 0.25) is 0 Å². The maximum Gasteiger partial charge on any atom is 0.418 e. The zero-order chi connectivity index (χ0) is 10.9. The fourth-order valence-electron chi connectivity index (χ4n) is 0.879. The van der Waals surface area contributed by atoms with Crippen LogP contribution in [0.25, 0.3) is 0 Å². The first kappa shape index (κ1) is 11.3. The van der Waals surface area contributed by atoms with Crippen LogP contribution in [0.4, 0.5) is 13.2 Å². The molecule has 1 N–H and O–H groups in total. The molecule has 1 rings (SSSR count). The highest BCUT2D eigenvalue weighted by atomic mass is 35.5. The number of aromatic nitrogens is 1. The Labute approximate surface area is 83.3 Å². The van der Waals surface area contributed by atoms with Gasteiger partial charge in [-0.3, -0.25) is 0 Å². The summed E-state index contributed by atoms with van der Waals surface area (Å²) in [6.45, 7) is 3.39. The van der Waals surface area contributed by atoms with Crippen molar-refractivity contribution in [3.8, 4) is 0 Å². The molecule has 2 nitrogen and oxygen atoms in total. The third-order valence-electron chi connectivity index (χ3n) is 1.53. The van der Waals surface area contributed by atoms with Gasteiger partial charge in [-0.1, -0.05) is 11.6 Å². The second-order valence-corrected chi connectivity index (χ2v) is 3.03. The summed E-state index contributed by atoms with van der Waals surface area (Å²) in [4.78, 5) is 3.46. The Morgan fingerprint density at radius 1 is 1.50 bits per heavy atom. The van der Waals surface area contributed by atoms with Gasteiger partial charge in [-0.25, -0.2) is 4.98 Å². The van der Waals surface area contributed by atoms with Gasteiger partial charge < -0.3 is 5.11 Å². The molecule has 1 radical (unpaired) electrons. The lowest BCUT2D eigenvalue weighted by Crippen LogP contribution is -2.20. The van der Waals surface area contributed by atoms with Crippen LogP contribution in [0.2, 0.25) is 5.15 Å². The van der Waals surface area contributed by atoms with Gasteiger partial charge in [0.15, 0.2) is 6.10 Å². The second kappa shape index (κ2) is 3.74. The van der Waals surface area contributed by atoms with E-state index in [1.54, 1.807) is 0 Å². The van der Waals surface area contributed by atoms with E-state index in [9.17, 15) is 13.2 Å². The molecule has 0 saturated carbocycles. The molecule has 0 aromatic carbocycles. The van der Waals surface area contributed by atoms with Crippen molar-refractivity contribution in [1.82, 2.24) is 4.98 Å². The molecule has 1 atom stereocenters. The average Bonchev–Trinajstić information content (AvgIpc) is 2.06. The van der Waals surface area contributed by atoms with Gasteiger partial charge in [0.05, 0.1) is 0 Å². The summed E-state index contributed by atoms with van der Waals surface area (Å²) in [5.74, 6) is 0. The molecule has 0 saturated heterocycles. The molecule has 0 aliphatic carbocycles. The minimum atomic E-state index is -4.75. The number of pyridine rings is 1. The number of alkyl halides is 3. The minimum Gasteiger partial charge on any atom is -0.379 e.